The van der Waals surface area contributed by atoms with Crippen molar-refractivity contribution in [2.45, 2.75) is 31.3 Å². The lowest BCUT2D eigenvalue weighted by Gasteiger charge is -2.17. The Morgan fingerprint density at radius 1 is 1.29 bits per heavy atom. The molecular formula is C16H19NO4. The van der Waals surface area contributed by atoms with E-state index >= 15 is 0 Å². The van der Waals surface area contributed by atoms with Crippen molar-refractivity contribution >= 4 is 0 Å². The maximum absolute atomic E-state index is 5.96. The van der Waals surface area contributed by atoms with Crippen molar-refractivity contribution < 1.29 is 18.6 Å². The summed E-state index contributed by atoms with van der Waals surface area (Å²) < 4.78 is 22.5. The van der Waals surface area contributed by atoms with E-state index in [0.717, 1.165) is 17.7 Å². The third-order valence-corrected chi connectivity index (χ3v) is 3.67. The summed E-state index contributed by atoms with van der Waals surface area (Å²) in [5.74, 6) is 0.739. The van der Waals surface area contributed by atoms with E-state index in [9.17, 15) is 0 Å². The average molecular weight is 289 g/mol. The number of nitrogens with zero attached hydrogens (tertiary/aromatic N) is 1. The van der Waals surface area contributed by atoms with Gasteiger partial charge in [-0.05, 0) is 5.56 Å². The van der Waals surface area contributed by atoms with Gasteiger partial charge in [0.1, 0.15) is 12.2 Å². The van der Waals surface area contributed by atoms with Crippen LogP contribution >= 0.6 is 0 Å². The van der Waals surface area contributed by atoms with Gasteiger partial charge in [-0.2, -0.15) is 0 Å². The van der Waals surface area contributed by atoms with E-state index in [2.05, 4.69) is 4.98 Å². The van der Waals surface area contributed by atoms with Gasteiger partial charge >= 0.3 is 0 Å². The molecule has 2 aromatic rings. The molecule has 21 heavy (non-hydrogen) atoms. The molecule has 0 amide bonds. The van der Waals surface area contributed by atoms with E-state index in [4.69, 9.17) is 18.6 Å². The van der Waals surface area contributed by atoms with Crippen LogP contribution in [0, 0.1) is 0 Å². The molecule has 0 aliphatic carbocycles. The summed E-state index contributed by atoms with van der Waals surface area (Å²) in [5.41, 5.74) is 1.15. The molecule has 0 bridgehead atoms. The molecule has 0 saturated carbocycles. The highest BCUT2D eigenvalue weighted by Gasteiger charge is 2.37. The number of methoxy groups -OCH3 is 1. The van der Waals surface area contributed by atoms with Gasteiger partial charge in [0.15, 0.2) is 12.2 Å². The van der Waals surface area contributed by atoms with Gasteiger partial charge in [-0.1, -0.05) is 30.3 Å². The summed E-state index contributed by atoms with van der Waals surface area (Å²) in [4.78, 5) is 3.93. The number of oxazole rings is 1. The van der Waals surface area contributed by atoms with Crippen molar-refractivity contribution in [3.8, 4) is 0 Å². The molecule has 5 heteroatoms. The summed E-state index contributed by atoms with van der Waals surface area (Å²) in [5, 5.41) is 0. The third kappa shape index (κ3) is 3.50. The van der Waals surface area contributed by atoms with Crippen molar-refractivity contribution in [2.24, 2.45) is 0 Å². The number of benzene rings is 1. The summed E-state index contributed by atoms with van der Waals surface area (Å²) in [7, 11) is 1.70. The van der Waals surface area contributed by atoms with Gasteiger partial charge in [-0.15, -0.1) is 0 Å². The van der Waals surface area contributed by atoms with Crippen LogP contribution in [0.4, 0.5) is 0 Å². The maximum Gasteiger partial charge on any atom is 0.180 e. The highest BCUT2D eigenvalue weighted by atomic mass is 16.6. The molecule has 1 aliphatic heterocycles. The van der Waals surface area contributed by atoms with Gasteiger partial charge in [-0.3, -0.25) is 0 Å². The predicted molar refractivity (Wildman–Crippen MR) is 75.6 cm³/mol. The van der Waals surface area contributed by atoms with Crippen LogP contribution in [0.3, 0.4) is 0 Å². The lowest BCUT2D eigenvalue weighted by molar-refractivity contribution is -0.0610. The van der Waals surface area contributed by atoms with E-state index in [-0.39, 0.29) is 18.3 Å². The number of hydrogen-bond acceptors (Lipinski definition) is 5. The lowest BCUT2D eigenvalue weighted by Crippen LogP contribution is -2.28. The number of hydrogen-bond donors (Lipinski definition) is 0. The van der Waals surface area contributed by atoms with Crippen LogP contribution in [0.5, 0.6) is 0 Å². The first-order valence-electron chi connectivity index (χ1n) is 7.05. The Balaban J connectivity index is 1.52. The minimum absolute atomic E-state index is 0.0101. The van der Waals surface area contributed by atoms with Crippen LogP contribution in [-0.2, 0) is 20.8 Å². The average Bonchev–Trinajstić information content (AvgIpc) is 3.17. The van der Waals surface area contributed by atoms with Crippen LogP contribution in [0.2, 0.25) is 0 Å². The number of aromatic nitrogens is 1. The Morgan fingerprint density at radius 2 is 2.14 bits per heavy atom. The lowest BCUT2D eigenvalue weighted by atomic mass is 10.1. The largest absolute Gasteiger partial charge is 0.446 e. The molecule has 2 heterocycles. The van der Waals surface area contributed by atoms with E-state index < -0.39 is 0 Å². The molecule has 3 rings (SSSR count). The zero-order chi connectivity index (χ0) is 14.5. The monoisotopic (exact) mass is 289 g/mol. The van der Waals surface area contributed by atoms with Gasteiger partial charge in [0, 0.05) is 13.5 Å². The predicted octanol–water partition coefficient (Wildman–Crippen LogP) is 2.74. The minimum atomic E-state index is -0.109. The Hall–Kier alpha value is -1.69. The highest BCUT2D eigenvalue weighted by molar-refractivity contribution is 5.13. The van der Waals surface area contributed by atoms with E-state index in [1.165, 1.54) is 6.39 Å². The summed E-state index contributed by atoms with van der Waals surface area (Å²) in [6.45, 7) is 1.07. The Bertz CT molecular complexity index is 528. The quantitative estimate of drug-likeness (QED) is 0.818. The molecule has 5 nitrogen and oxygen atoms in total. The fourth-order valence-electron chi connectivity index (χ4n) is 2.55. The van der Waals surface area contributed by atoms with Crippen molar-refractivity contribution in [1.29, 1.82) is 0 Å². The second-order valence-corrected chi connectivity index (χ2v) is 5.08. The molecule has 0 radical (unpaired) electrons. The Kier molecular flexibility index (Phi) is 4.65. The Morgan fingerprint density at radius 3 is 2.86 bits per heavy atom. The zero-order valence-corrected chi connectivity index (χ0v) is 12.0. The van der Waals surface area contributed by atoms with E-state index in [0.29, 0.717) is 13.2 Å². The normalized spacial score (nSPS) is 25.3. The SMILES string of the molecule is CO[C@@H]1C[C@@H](c2cnco2)O[C@H]1COCc1ccccc1. The van der Waals surface area contributed by atoms with E-state index in [1.807, 2.05) is 30.3 Å². The minimum Gasteiger partial charge on any atom is -0.446 e. The van der Waals surface area contributed by atoms with Crippen molar-refractivity contribution in [1.82, 2.24) is 4.98 Å². The molecule has 1 aromatic carbocycles. The molecule has 1 aromatic heterocycles. The molecule has 3 atom stereocenters. The second-order valence-electron chi connectivity index (χ2n) is 5.08. The molecule has 1 aliphatic rings. The fourth-order valence-corrected chi connectivity index (χ4v) is 2.55. The molecule has 0 unspecified atom stereocenters. The molecule has 1 fully saturated rings. The number of ether oxygens (including phenoxy) is 3. The van der Waals surface area contributed by atoms with Gasteiger partial charge in [0.2, 0.25) is 0 Å². The van der Waals surface area contributed by atoms with Gasteiger partial charge in [0.25, 0.3) is 0 Å². The standard InChI is InChI=1S/C16H19NO4/c1-18-13-7-14(15-8-17-11-20-15)21-16(13)10-19-9-12-5-3-2-4-6-12/h2-6,8,11,13-14,16H,7,9-10H2,1H3/t13-,14+,16+/m1/s1. The highest BCUT2D eigenvalue weighted by Crippen LogP contribution is 2.34. The van der Waals surface area contributed by atoms with Gasteiger partial charge in [0.05, 0.1) is 25.5 Å². The fraction of sp³-hybridized carbons (Fsp3) is 0.438. The van der Waals surface area contributed by atoms with Crippen LogP contribution in [0.1, 0.15) is 23.8 Å². The van der Waals surface area contributed by atoms with Crippen LogP contribution in [0.15, 0.2) is 47.3 Å². The van der Waals surface area contributed by atoms with Crippen LogP contribution in [0.25, 0.3) is 0 Å². The first kappa shape index (κ1) is 14.3. The molecule has 0 N–H and O–H groups in total. The van der Waals surface area contributed by atoms with Crippen molar-refractivity contribution in [3.05, 3.63) is 54.2 Å². The van der Waals surface area contributed by atoms with E-state index in [1.54, 1.807) is 13.3 Å². The third-order valence-electron chi connectivity index (χ3n) is 3.67. The van der Waals surface area contributed by atoms with Crippen molar-refractivity contribution in [3.63, 3.8) is 0 Å². The summed E-state index contributed by atoms with van der Waals surface area (Å²) >= 11 is 0. The van der Waals surface area contributed by atoms with Gasteiger partial charge < -0.3 is 18.6 Å². The molecule has 112 valence electrons. The smallest absolute Gasteiger partial charge is 0.180 e. The van der Waals surface area contributed by atoms with Crippen molar-refractivity contribution in [2.75, 3.05) is 13.7 Å². The molecule has 0 spiro atoms. The first-order valence-corrected chi connectivity index (χ1v) is 7.05. The summed E-state index contributed by atoms with van der Waals surface area (Å²) in [6, 6.07) is 10.1. The maximum atomic E-state index is 5.96. The molecular weight excluding hydrogens is 270 g/mol. The first-order chi connectivity index (χ1) is 10.4. The molecule has 1 saturated heterocycles. The van der Waals surface area contributed by atoms with Gasteiger partial charge in [-0.25, -0.2) is 4.98 Å². The topological polar surface area (TPSA) is 53.7 Å². The summed E-state index contributed by atoms with van der Waals surface area (Å²) in [6.07, 6.45) is 3.67. The Labute approximate surface area is 123 Å². The van der Waals surface area contributed by atoms with Crippen LogP contribution < -0.4 is 0 Å². The second kappa shape index (κ2) is 6.85. The number of rotatable bonds is 6. The zero-order valence-electron chi connectivity index (χ0n) is 12.0. The van der Waals surface area contributed by atoms with Crippen LogP contribution in [-0.4, -0.2) is 30.9 Å².